The van der Waals surface area contributed by atoms with Crippen LogP contribution >= 0.6 is 0 Å². The van der Waals surface area contributed by atoms with Gasteiger partial charge in [-0.25, -0.2) is 4.79 Å². The number of hydrogen-bond acceptors (Lipinski definition) is 6. The Labute approximate surface area is 202 Å². The average molecular weight is 480 g/mol. The van der Waals surface area contributed by atoms with Gasteiger partial charge >= 0.3 is 6.09 Å². The molecule has 1 aromatic rings. The topological polar surface area (TPSA) is 128 Å². The third-order valence-corrected chi connectivity index (χ3v) is 5.25. The zero-order chi connectivity index (χ0) is 25.9. The van der Waals surface area contributed by atoms with Crippen molar-refractivity contribution in [2.45, 2.75) is 78.5 Å². The Kier molecular flexibility index (Phi) is 12.0. The molecule has 9 nitrogen and oxygen atoms in total. The highest BCUT2D eigenvalue weighted by Gasteiger charge is 2.37. The van der Waals surface area contributed by atoms with E-state index >= 15 is 0 Å². The van der Waals surface area contributed by atoms with Crippen molar-refractivity contribution in [2.75, 3.05) is 26.3 Å². The minimum Gasteiger partial charge on any atom is -0.444 e. The van der Waals surface area contributed by atoms with E-state index in [1.807, 2.05) is 32.0 Å². The number of carbonyl (C=O) groups is 3. The summed E-state index contributed by atoms with van der Waals surface area (Å²) in [5.41, 5.74) is 1.47. The number of nitrogens with one attached hydrogen (secondary N) is 2. The quantitative estimate of drug-likeness (QED) is 0.341. The molecule has 192 valence electrons. The number of carbonyl (C=O) groups excluding carboxylic acids is 3. The lowest BCUT2D eigenvalue weighted by Gasteiger charge is -2.35. The maximum atomic E-state index is 13.5. The number of nitrogens with zero attached hydrogens (tertiary/aromatic N) is 1. The molecule has 4 N–H and O–H groups in total. The molecule has 34 heavy (non-hydrogen) atoms. The van der Waals surface area contributed by atoms with Crippen LogP contribution in [0.1, 0.15) is 69.7 Å². The van der Waals surface area contributed by atoms with E-state index in [1.165, 1.54) is 4.90 Å². The summed E-state index contributed by atoms with van der Waals surface area (Å²) in [4.78, 5) is 40.3. The van der Waals surface area contributed by atoms with Gasteiger partial charge in [0.15, 0.2) is 0 Å². The number of aryl methyl sites for hydroxylation is 2. The average Bonchev–Trinajstić information content (AvgIpc) is 2.74. The molecule has 0 aromatic heterocycles. The minimum atomic E-state index is -1.35. The highest BCUT2D eigenvalue weighted by atomic mass is 16.6. The predicted octanol–water partition coefficient (Wildman–Crippen LogP) is 2.36. The van der Waals surface area contributed by atoms with Crippen molar-refractivity contribution >= 4 is 17.9 Å². The first-order valence-electron chi connectivity index (χ1n) is 11.8. The summed E-state index contributed by atoms with van der Waals surface area (Å²) in [6.07, 6.45) is 1.89. The van der Waals surface area contributed by atoms with Crippen molar-refractivity contribution in [1.82, 2.24) is 15.5 Å². The van der Waals surface area contributed by atoms with Crippen molar-refractivity contribution in [3.05, 3.63) is 34.9 Å². The van der Waals surface area contributed by atoms with E-state index in [-0.39, 0.29) is 12.5 Å². The summed E-state index contributed by atoms with van der Waals surface area (Å²) in [5, 5.41) is 24.9. The molecule has 1 aromatic carbocycles. The van der Waals surface area contributed by atoms with Gasteiger partial charge in [0.2, 0.25) is 11.8 Å². The van der Waals surface area contributed by atoms with Crippen LogP contribution in [0.3, 0.4) is 0 Å². The van der Waals surface area contributed by atoms with Crippen LogP contribution in [-0.2, 0) is 14.3 Å². The fourth-order valence-electron chi connectivity index (χ4n) is 3.68. The van der Waals surface area contributed by atoms with Crippen LogP contribution in [0.2, 0.25) is 0 Å². The molecule has 1 rings (SSSR count). The number of aliphatic hydroxyl groups excluding tert-OH is 2. The monoisotopic (exact) mass is 479 g/mol. The van der Waals surface area contributed by atoms with Crippen molar-refractivity contribution in [1.29, 1.82) is 0 Å². The molecule has 0 heterocycles. The molecule has 3 amide bonds. The van der Waals surface area contributed by atoms with Crippen molar-refractivity contribution in [3.8, 4) is 0 Å². The maximum Gasteiger partial charge on any atom is 0.408 e. The standard InChI is InChI=1S/C25H41N3O6/c1-7-8-9-13-26-22(31)21(20-17(2)11-10-12-18(20)3)28(14-15-29)23(32)19(16-30)27-24(33)34-25(4,5)6/h10-12,19,21,29-30H,7-9,13-16H2,1-6H3,(H,26,31)(H,27,33). The van der Waals surface area contributed by atoms with E-state index in [1.54, 1.807) is 20.8 Å². The van der Waals surface area contributed by atoms with Crippen LogP contribution in [0, 0.1) is 13.8 Å². The first-order chi connectivity index (χ1) is 16.0. The molecule has 0 aliphatic carbocycles. The van der Waals surface area contributed by atoms with Crippen LogP contribution in [0.4, 0.5) is 4.79 Å². The normalized spacial score (nSPS) is 13.1. The smallest absolute Gasteiger partial charge is 0.408 e. The summed E-state index contributed by atoms with van der Waals surface area (Å²) >= 11 is 0. The number of unbranched alkanes of at least 4 members (excludes halogenated alkanes) is 2. The zero-order valence-electron chi connectivity index (χ0n) is 21.3. The minimum absolute atomic E-state index is 0.161. The predicted molar refractivity (Wildman–Crippen MR) is 130 cm³/mol. The van der Waals surface area contributed by atoms with Gasteiger partial charge in [-0.2, -0.15) is 0 Å². The molecule has 0 fully saturated rings. The lowest BCUT2D eigenvalue weighted by Crippen LogP contribution is -2.55. The van der Waals surface area contributed by atoms with Crippen molar-refractivity contribution < 1.29 is 29.3 Å². The first kappa shape index (κ1) is 29.4. The summed E-state index contributed by atoms with van der Waals surface area (Å²) < 4.78 is 5.21. The second-order valence-electron chi connectivity index (χ2n) is 9.34. The number of amides is 3. The fraction of sp³-hybridized carbons (Fsp3) is 0.640. The van der Waals surface area contributed by atoms with Crippen molar-refractivity contribution in [3.63, 3.8) is 0 Å². The number of ether oxygens (including phenoxy) is 1. The molecule has 0 saturated carbocycles. The number of aliphatic hydroxyl groups is 2. The highest BCUT2D eigenvalue weighted by Crippen LogP contribution is 2.28. The Morgan fingerprint density at radius 1 is 1.09 bits per heavy atom. The van der Waals surface area contributed by atoms with Crippen LogP contribution in [-0.4, -0.2) is 71.0 Å². The molecule has 2 unspecified atom stereocenters. The van der Waals surface area contributed by atoms with E-state index in [0.29, 0.717) is 12.1 Å². The number of rotatable bonds is 12. The molecular formula is C25H41N3O6. The molecule has 0 aliphatic rings. The Bertz CT molecular complexity index is 801. The maximum absolute atomic E-state index is 13.5. The van der Waals surface area contributed by atoms with E-state index in [4.69, 9.17) is 4.74 Å². The second-order valence-corrected chi connectivity index (χ2v) is 9.34. The molecule has 0 saturated heterocycles. The summed E-state index contributed by atoms with van der Waals surface area (Å²) in [6.45, 7) is 10.0. The van der Waals surface area contributed by atoms with Crippen molar-refractivity contribution in [2.24, 2.45) is 0 Å². The van der Waals surface area contributed by atoms with Gasteiger partial charge in [-0.05, 0) is 57.7 Å². The lowest BCUT2D eigenvalue weighted by molar-refractivity contribution is -0.143. The lowest BCUT2D eigenvalue weighted by atomic mass is 9.93. The Morgan fingerprint density at radius 3 is 2.21 bits per heavy atom. The second kappa shape index (κ2) is 13.9. The summed E-state index contributed by atoms with van der Waals surface area (Å²) in [6, 6.07) is 3.18. The Hall–Kier alpha value is -2.65. The first-order valence-corrected chi connectivity index (χ1v) is 11.8. The van der Waals surface area contributed by atoms with Gasteiger partial charge in [-0.15, -0.1) is 0 Å². The third-order valence-electron chi connectivity index (χ3n) is 5.25. The van der Waals surface area contributed by atoms with Gasteiger partial charge in [0.05, 0.1) is 13.2 Å². The highest BCUT2D eigenvalue weighted by molar-refractivity contribution is 5.92. The van der Waals surface area contributed by atoms with Gasteiger partial charge in [-0.1, -0.05) is 38.0 Å². The number of benzene rings is 1. The van der Waals surface area contributed by atoms with Gasteiger partial charge in [0.1, 0.15) is 17.7 Å². The van der Waals surface area contributed by atoms with E-state index in [9.17, 15) is 24.6 Å². The molecule has 0 spiro atoms. The third kappa shape index (κ3) is 8.95. The van der Waals surface area contributed by atoms with E-state index < -0.39 is 42.9 Å². The summed E-state index contributed by atoms with van der Waals surface area (Å²) in [7, 11) is 0. The molecular weight excluding hydrogens is 438 g/mol. The van der Waals surface area contributed by atoms with Gasteiger partial charge in [-0.3, -0.25) is 9.59 Å². The van der Waals surface area contributed by atoms with Gasteiger partial charge in [0, 0.05) is 13.1 Å². The zero-order valence-corrected chi connectivity index (χ0v) is 21.3. The molecule has 0 radical (unpaired) electrons. The molecule has 9 heteroatoms. The number of hydrogen-bond donors (Lipinski definition) is 4. The fourth-order valence-corrected chi connectivity index (χ4v) is 3.68. The van der Waals surface area contributed by atoms with Gasteiger partial charge < -0.3 is 30.5 Å². The van der Waals surface area contributed by atoms with E-state index in [0.717, 1.165) is 30.4 Å². The SMILES string of the molecule is CCCCCNC(=O)C(c1c(C)cccc1C)N(CCO)C(=O)C(CO)NC(=O)OC(C)(C)C. The van der Waals surface area contributed by atoms with Gasteiger partial charge in [0.25, 0.3) is 0 Å². The summed E-state index contributed by atoms with van der Waals surface area (Å²) in [5.74, 6) is -1.08. The van der Waals surface area contributed by atoms with Crippen LogP contribution in [0.5, 0.6) is 0 Å². The molecule has 2 atom stereocenters. The number of alkyl carbamates (subject to hydrolysis) is 1. The van der Waals surface area contributed by atoms with Crippen LogP contribution in [0.25, 0.3) is 0 Å². The van der Waals surface area contributed by atoms with Crippen LogP contribution in [0.15, 0.2) is 18.2 Å². The van der Waals surface area contributed by atoms with Crippen LogP contribution < -0.4 is 10.6 Å². The van der Waals surface area contributed by atoms with E-state index in [2.05, 4.69) is 17.6 Å². The molecule has 0 aliphatic heterocycles. The Morgan fingerprint density at radius 2 is 1.71 bits per heavy atom. The molecule has 0 bridgehead atoms. The largest absolute Gasteiger partial charge is 0.444 e. The Balaban J connectivity index is 3.35.